The molecule has 8 heteroatoms. The highest BCUT2D eigenvalue weighted by Crippen LogP contribution is 2.28. The molecule has 1 aliphatic rings. The van der Waals surface area contributed by atoms with Gasteiger partial charge in [-0.25, -0.2) is 4.79 Å². The Labute approximate surface area is 173 Å². The van der Waals surface area contributed by atoms with Gasteiger partial charge in [-0.15, -0.1) is 0 Å². The zero-order valence-corrected chi connectivity index (χ0v) is 16.9. The first-order chi connectivity index (χ1) is 14.3. The van der Waals surface area contributed by atoms with E-state index in [1.807, 2.05) is 0 Å². The van der Waals surface area contributed by atoms with Crippen molar-refractivity contribution >= 4 is 29.4 Å². The number of nitrogens with one attached hydrogen (secondary N) is 1. The predicted molar refractivity (Wildman–Crippen MR) is 108 cm³/mol. The number of benzene rings is 2. The molecule has 3 rings (SSSR count). The van der Waals surface area contributed by atoms with E-state index in [0.29, 0.717) is 11.4 Å². The number of carbonyl (C=O) groups excluding carboxylic acids is 4. The van der Waals surface area contributed by atoms with E-state index in [2.05, 4.69) is 5.32 Å². The minimum Gasteiger partial charge on any atom is -0.495 e. The van der Waals surface area contributed by atoms with Crippen molar-refractivity contribution in [2.45, 2.75) is 19.9 Å². The van der Waals surface area contributed by atoms with Crippen LogP contribution in [0.3, 0.4) is 0 Å². The van der Waals surface area contributed by atoms with Crippen LogP contribution in [0.15, 0.2) is 48.5 Å². The second-order valence-electron chi connectivity index (χ2n) is 7.07. The van der Waals surface area contributed by atoms with Crippen molar-refractivity contribution in [3.05, 3.63) is 59.7 Å². The largest absolute Gasteiger partial charge is 0.495 e. The lowest BCUT2D eigenvalue weighted by molar-refractivity contribution is -0.152. The number of hydrogen-bond donors (Lipinski definition) is 1. The average molecular weight is 410 g/mol. The number of nitrogens with zero attached hydrogens (tertiary/aromatic N) is 1. The van der Waals surface area contributed by atoms with Crippen LogP contribution in [0.25, 0.3) is 0 Å². The van der Waals surface area contributed by atoms with E-state index in [9.17, 15) is 19.2 Å². The summed E-state index contributed by atoms with van der Waals surface area (Å²) in [6.07, 6.45) is 0. The van der Waals surface area contributed by atoms with E-state index in [0.717, 1.165) is 4.90 Å². The molecule has 0 bridgehead atoms. The first-order valence-corrected chi connectivity index (χ1v) is 9.41. The van der Waals surface area contributed by atoms with Crippen LogP contribution < -0.4 is 10.1 Å². The molecule has 0 fully saturated rings. The van der Waals surface area contributed by atoms with Crippen LogP contribution in [0, 0.1) is 5.92 Å². The van der Waals surface area contributed by atoms with Gasteiger partial charge in [0.2, 0.25) is 0 Å². The Morgan fingerprint density at radius 1 is 0.967 bits per heavy atom. The average Bonchev–Trinajstić information content (AvgIpc) is 2.98. The van der Waals surface area contributed by atoms with Gasteiger partial charge in [-0.05, 0) is 30.2 Å². The molecule has 156 valence electrons. The van der Waals surface area contributed by atoms with E-state index >= 15 is 0 Å². The third-order valence-electron chi connectivity index (χ3n) is 4.70. The van der Waals surface area contributed by atoms with Crippen LogP contribution >= 0.6 is 0 Å². The molecule has 2 aromatic rings. The summed E-state index contributed by atoms with van der Waals surface area (Å²) in [6.45, 7) is 2.83. The molecular formula is C22H22N2O6. The molecule has 1 atom stereocenters. The van der Waals surface area contributed by atoms with Gasteiger partial charge in [-0.3, -0.25) is 19.3 Å². The maximum atomic E-state index is 12.7. The first kappa shape index (κ1) is 21.0. The van der Waals surface area contributed by atoms with Gasteiger partial charge in [0.05, 0.1) is 23.9 Å². The number of imide groups is 1. The standard InChI is InChI=1S/C22H22N2O6/c1-13(2)19(24-20(26)14-8-4-5-9-15(14)21(24)27)22(28)30-12-18(25)23-16-10-6-7-11-17(16)29-3/h4-11,13,19H,12H2,1-3H3,(H,23,25). The van der Waals surface area contributed by atoms with Crippen LogP contribution in [0.2, 0.25) is 0 Å². The van der Waals surface area contributed by atoms with Crippen LogP contribution in [0.1, 0.15) is 34.6 Å². The summed E-state index contributed by atoms with van der Waals surface area (Å²) in [4.78, 5) is 51.3. The Bertz CT molecular complexity index is 966. The van der Waals surface area contributed by atoms with Crippen molar-refractivity contribution in [2.24, 2.45) is 5.92 Å². The number of carbonyl (C=O) groups is 4. The maximum Gasteiger partial charge on any atom is 0.330 e. The number of methoxy groups -OCH3 is 1. The van der Waals surface area contributed by atoms with Gasteiger partial charge in [0.25, 0.3) is 17.7 Å². The molecule has 3 amide bonds. The molecule has 0 saturated heterocycles. The summed E-state index contributed by atoms with van der Waals surface area (Å²) in [5, 5.41) is 2.60. The van der Waals surface area contributed by atoms with Gasteiger partial charge in [0, 0.05) is 0 Å². The summed E-state index contributed by atoms with van der Waals surface area (Å²) in [5.74, 6) is -2.44. The van der Waals surface area contributed by atoms with Gasteiger partial charge in [0.1, 0.15) is 11.8 Å². The molecule has 0 aliphatic carbocycles. The van der Waals surface area contributed by atoms with Gasteiger partial charge in [-0.2, -0.15) is 0 Å². The topological polar surface area (TPSA) is 102 Å². The molecule has 1 aliphatic heterocycles. The van der Waals surface area contributed by atoms with Gasteiger partial charge >= 0.3 is 5.97 Å². The molecule has 8 nitrogen and oxygen atoms in total. The van der Waals surface area contributed by atoms with Crippen molar-refractivity contribution in [2.75, 3.05) is 19.0 Å². The first-order valence-electron chi connectivity index (χ1n) is 9.41. The Morgan fingerprint density at radius 3 is 2.10 bits per heavy atom. The lowest BCUT2D eigenvalue weighted by atomic mass is 10.0. The third kappa shape index (κ3) is 4.03. The molecule has 30 heavy (non-hydrogen) atoms. The highest BCUT2D eigenvalue weighted by Gasteiger charge is 2.44. The predicted octanol–water partition coefficient (Wildman–Crippen LogP) is 2.50. The van der Waals surface area contributed by atoms with E-state index in [-0.39, 0.29) is 11.1 Å². The summed E-state index contributed by atoms with van der Waals surface area (Å²) in [7, 11) is 1.47. The Balaban J connectivity index is 1.69. The number of ether oxygens (including phenoxy) is 2. The molecule has 0 radical (unpaired) electrons. The highest BCUT2D eigenvalue weighted by molar-refractivity contribution is 6.22. The van der Waals surface area contributed by atoms with Gasteiger partial charge < -0.3 is 14.8 Å². The Morgan fingerprint density at radius 2 is 1.53 bits per heavy atom. The highest BCUT2D eigenvalue weighted by atomic mass is 16.5. The van der Waals surface area contributed by atoms with Crippen LogP contribution in [-0.2, 0) is 14.3 Å². The monoisotopic (exact) mass is 410 g/mol. The lowest BCUT2D eigenvalue weighted by Gasteiger charge is -2.27. The normalized spacial score (nSPS) is 13.8. The number of anilines is 1. The van der Waals surface area contributed by atoms with E-state index in [1.165, 1.54) is 7.11 Å². The molecule has 1 unspecified atom stereocenters. The van der Waals surface area contributed by atoms with Gasteiger partial charge in [0.15, 0.2) is 6.61 Å². The second-order valence-corrected chi connectivity index (χ2v) is 7.07. The zero-order valence-electron chi connectivity index (χ0n) is 16.9. The van der Waals surface area contributed by atoms with Crippen molar-refractivity contribution in [3.63, 3.8) is 0 Å². The fourth-order valence-electron chi connectivity index (χ4n) is 3.29. The van der Waals surface area contributed by atoms with Crippen molar-refractivity contribution in [3.8, 4) is 5.75 Å². The minimum atomic E-state index is -1.14. The molecule has 0 spiro atoms. The smallest absolute Gasteiger partial charge is 0.330 e. The number of fused-ring (bicyclic) bond motifs is 1. The molecule has 0 saturated carbocycles. The van der Waals surface area contributed by atoms with Crippen LogP contribution in [0.4, 0.5) is 5.69 Å². The Kier molecular flexibility index (Phi) is 6.15. The quantitative estimate of drug-likeness (QED) is 0.556. The van der Waals surface area contributed by atoms with Crippen molar-refractivity contribution in [1.82, 2.24) is 4.90 Å². The number of esters is 1. The zero-order chi connectivity index (χ0) is 21.8. The molecule has 1 N–H and O–H groups in total. The number of amides is 3. The Hall–Kier alpha value is -3.68. The van der Waals surface area contributed by atoms with Crippen LogP contribution in [0.5, 0.6) is 5.75 Å². The van der Waals surface area contributed by atoms with E-state index < -0.39 is 42.3 Å². The third-order valence-corrected chi connectivity index (χ3v) is 4.70. The fourth-order valence-corrected chi connectivity index (χ4v) is 3.29. The number of hydrogen-bond acceptors (Lipinski definition) is 6. The number of para-hydroxylation sites is 2. The van der Waals surface area contributed by atoms with Crippen LogP contribution in [-0.4, -0.2) is 48.3 Å². The second kappa shape index (κ2) is 8.77. The molecule has 0 aromatic heterocycles. The molecular weight excluding hydrogens is 388 g/mol. The SMILES string of the molecule is COc1ccccc1NC(=O)COC(=O)C(C(C)C)N1C(=O)c2ccccc2C1=O. The summed E-state index contributed by atoms with van der Waals surface area (Å²) in [5.41, 5.74) is 0.923. The summed E-state index contributed by atoms with van der Waals surface area (Å²) < 4.78 is 10.3. The molecule has 2 aromatic carbocycles. The summed E-state index contributed by atoms with van der Waals surface area (Å²) >= 11 is 0. The van der Waals surface area contributed by atoms with Gasteiger partial charge in [-0.1, -0.05) is 38.1 Å². The van der Waals surface area contributed by atoms with Crippen molar-refractivity contribution < 1.29 is 28.7 Å². The van der Waals surface area contributed by atoms with E-state index in [4.69, 9.17) is 9.47 Å². The fraction of sp³-hybridized carbons (Fsp3) is 0.273. The van der Waals surface area contributed by atoms with Crippen molar-refractivity contribution in [1.29, 1.82) is 0 Å². The summed E-state index contributed by atoms with van der Waals surface area (Å²) in [6, 6.07) is 12.0. The minimum absolute atomic E-state index is 0.245. The maximum absolute atomic E-state index is 12.7. The van der Waals surface area contributed by atoms with E-state index in [1.54, 1.807) is 62.4 Å². The molecule has 1 heterocycles. The lowest BCUT2D eigenvalue weighted by Crippen LogP contribution is -2.49. The number of rotatable bonds is 7.